The monoisotopic (exact) mass is 271 g/mol. The van der Waals surface area contributed by atoms with Gasteiger partial charge in [-0.2, -0.15) is 0 Å². The van der Waals surface area contributed by atoms with Gasteiger partial charge >= 0.3 is 0 Å². The van der Waals surface area contributed by atoms with Crippen LogP contribution in [0.2, 0.25) is 0 Å². The van der Waals surface area contributed by atoms with Crippen molar-refractivity contribution in [1.82, 2.24) is 5.32 Å². The first kappa shape index (κ1) is 14.4. The Kier molecular flexibility index (Phi) is 3.98. The summed E-state index contributed by atoms with van der Waals surface area (Å²) >= 11 is 0. The molecule has 0 aliphatic heterocycles. The van der Waals surface area contributed by atoms with Crippen LogP contribution < -0.4 is 5.32 Å². The highest BCUT2D eigenvalue weighted by Crippen LogP contribution is 2.20. The van der Waals surface area contributed by atoms with Crippen LogP contribution in [0.5, 0.6) is 0 Å². The molecule has 1 heterocycles. The highest BCUT2D eigenvalue weighted by molar-refractivity contribution is 5.95. The van der Waals surface area contributed by atoms with Gasteiger partial charge in [0.2, 0.25) is 0 Å². The zero-order valence-electron chi connectivity index (χ0n) is 12.7. The molecule has 0 radical (unpaired) electrons. The van der Waals surface area contributed by atoms with Crippen LogP contribution in [0.25, 0.3) is 0 Å². The molecule has 1 aromatic carbocycles. The fourth-order valence-corrected chi connectivity index (χ4v) is 2.43. The van der Waals surface area contributed by atoms with Crippen molar-refractivity contribution < 1.29 is 9.21 Å². The number of rotatable bonds is 3. The van der Waals surface area contributed by atoms with E-state index in [0.29, 0.717) is 11.3 Å². The van der Waals surface area contributed by atoms with Crippen molar-refractivity contribution in [3.8, 4) is 0 Å². The molecule has 0 saturated carbocycles. The maximum Gasteiger partial charge on any atom is 0.255 e. The Morgan fingerprint density at radius 1 is 1.15 bits per heavy atom. The first-order valence-electron chi connectivity index (χ1n) is 6.83. The van der Waals surface area contributed by atoms with Gasteiger partial charge in [-0.05, 0) is 51.8 Å². The summed E-state index contributed by atoms with van der Waals surface area (Å²) in [7, 11) is 0. The number of nitrogens with one attached hydrogen (secondary N) is 1. The zero-order chi connectivity index (χ0) is 14.9. The van der Waals surface area contributed by atoms with Gasteiger partial charge in [0.15, 0.2) is 0 Å². The number of furan rings is 1. The maximum atomic E-state index is 12.3. The molecule has 1 atom stereocenters. The molecule has 1 aromatic heterocycles. The van der Waals surface area contributed by atoms with Crippen LogP contribution in [0.4, 0.5) is 0 Å². The van der Waals surface area contributed by atoms with Crippen LogP contribution >= 0.6 is 0 Å². The molecule has 1 N–H and O–H groups in total. The molecule has 3 nitrogen and oxygen atoms in total. The Labute approximate surface area is 120 Å². The molecule has 0 saturated heterocycles. The van der Waals surface area contributed by atoms with Crippen molar-refractivity contribution in [2.75, 3.05) is 0 Å². The maximum absolute atomic E-state index is 12.3. The topological polar surface area (TPSA) is 42.2 Å². The van der Waals surface area contributed by atoms with E-state index in [1.807, 2.05) is 20.8 Å². The van der Waals surface area contributed by atoms with Crippen LogP contribution in [0.3, 0.4) is 0 Å². The van der Waals surface area contributed by atoms with E-state index < -0.39 is 0 Å². The van der Waals surface area contributed by atoms with Gasteiger partial charge in [-0.3, -0.25) is 4.79 Å². The summed E-state index contributed by atoms with van der Waals surface area (Å²) in [5, 5.41) is 3.04. The van der Waals surface area contributed by atoms with Crippen LogP contribution in [0.1, 0.15) is 51.5 Å². The lowest BCUT2D eigenvalue weighted by Gasteiger charge is -2.17. The molecule has 20 heavy (non-hydrogen) atoms. The molecular weight excluding hydrogens is 250 g/mol. The molecule has 3 heteroatoms. The number of amides is 1. The molecule has 0 spiro atoms. The molecule has 0 aliphatic rings. The molecule has 0 bridgehead atoms. The third-order valence-electron chi connectivity index (χ3n) is 3.53. The second-order valence-electron chi connectivity index (χ2n) is 5.38. The fourth-order valence-electron chi connectivity index (χ4n) is 2.43. The van der Waals surface area contributed by atoms with E-state index in [9.17, 15) is 4.79 Å². The van der Waals surface area contributed by atoms with E-state index in [2.05, 4.69) is 37.4 Å². The van der Waals surface area contributed by atoms with E-state index in [-0.39, 0.29) is 11.9 Å². The van der Waals surface area contributed by atoms with Crippen molar-refractivity contribution in [2.45, 2.75) is 40.7 Å². The summed E-state index contributed by atoms with van der Waals surface area (Å²) in [4.78, 5) is 12.3. The zero-order valence-corrected chi connectivity index (χ0v) is 12.7. The summed E-state index contributed by atoms with van der Waals surface area (Å²) in [6.07, 6.45) is 0. The van der Waals surface area contributed by atoms with Gasteiger partial charge in [0.1, 0.15) is 11.5 Å². The Balaban J connectivity index is 2.19. The Hall–Kier alpha value is -2.03. The van der Waals surface area contributed by atoms with Crippen LogP contribution in [-0.4, -0.2) is 5.91 Å². The number of aryl methyl sites for hydroxylation is 4. The van der Waals surface area contributed by atoms with Crippen LogP contribution in [-0.2, 0) is 0 Å². The Morgan fingerprint density at radius 2 is 1.85 bits per heavy atom. The van der Waals surface area contributed by atoms with E-state index in [0.717, 1.165) is 11.3 Å². The minimum atomic E-state index is -0.0900. The van der Waals surface area contributed by atoms with Crippen molar-refractivity contribution in [2.24, 2.45) is 0 Å². The van der Waals surface area contributed by atoms with E-state index in [4.69, 9.17) is 4.42 Å². The lowest BCUT2D eigenvalue weighted by molar-refractivity contribution is 0.0938. The lowest BCUT2D eigenvalue weighted by Crippen LogP contribution is -2.27. The molecule has 2 rings (SSSR count). The minimum absolute atomic E-state index is 0.0305. The van der Waals surface area contributed by atoms with Gasteiger partial charge in [-0.15, -0.1) is 0 Å². The van der Waals surface area contributed by atoms with Crippen molar-refractivity contribution in [3.63, 3.8) is 0 Å². The van der Waals surface area contributed by atoms with E-state index >= 15 is 0 Å². The smallest absolute Gasteiger partial charge is 0.255 e. The predicted octanol–water partition coefficient (Wildman–Crippen LogP) is 4.00. The Bertz CT molecular complexity index is 640. The average Bonchev–Trinajstić information content (AvgIpc) is 2.71. The van der Waals surface area contributed by atoms with Gasteiger partial charge in [0, 0.05) is 0 Å². The predicted molar refractivity (Wildman–Crippen MR) is 80.0 cm³/mol. The standard InChI is InChI=1S/C17H21NO2/c1-10-6-7-11(2)15(8-10)13(4)18-17(19)16-9-12(3)20-14(16)5/h6-9,13H,1-5H3,(H,18,19)/t13-/m1/s1. The number of benzene rings is 1. The van der Waals surface area contributed by atoms with E-state index in [1.54, 1.807) is 6.07 Å². The molecular formula is C17H21NO2. The van der Waals surface area contributed by atoms with Crippen molar-refractivity contribution in [1.29, 1.82) is 0 Å². The summed E-state index contributed by atoms with van der Waals surface area (Å²) < 4.78 is 5.40. The normalized spacial score (nSPS) is 12.2. The molecule has 2 aromatic rings. The van der Waals surface area contributed by atoms with Crippen LogP contribution in [0.15, 0.2) is 28.7 Å². The van der Waals surface area contributed by atoms with Gasteiger partial charge in [-0.25, -0.2) is 0 Å². The largest absolute Gasteiger partial charge is 0.466 e. The van der Waals surface area contributed by atoms with Crippen LogP contribution in [0, 0.1) is 27.7 Å². The number of hydrogen-bond acceptors (Lipinski definition) is 2. The first-order valence-corrected chi connectivity index (χ1v) is 6.83. The Morgan fingerprint density at radius 3 is 2.45 bits per heavy atom. The second kappa shape index (κ2) is 5.53. The van der Waals surface area contributed by atoms with Gasteiger partial charge in [0.25, 0.3) is 5.91 Å². The number of carbonyl (C=O) groups is 1. The van der Waals surface area contributed by atoms with E-state index in [1.165, 1.54) is 11.1 Å². The van der Waals surface area contributed by atoms with Crippen molar-refractivity contribution in [3.05, 3.63) is 58.0 Å². The second-order valence-corrected chi connectivity index (χ2v) is 5.38. The van der Waals surface area contributed by atoms with Crippen molar-refractivity contribution >= 4 is 5.91 Å². The van der Waals surface area contributed by atoms with Gasteiger partial charge in [-0.1, -0.05) is 23.8 Å². The summed E-state index contributed by atoms with van der Waals surface area (Å²) in [6.45, 7) is 9.77. The molecule has 0 fully saturated rings. The molecule has 1 amide bonds. The summed E-state index contributed by atoms with van der Waals surface area (Å²) in [5.74, 6) is 1.33. The summed E-state index contributed by atoms with van der Waals surface area (Å²) in [5.41, 5.74) is 4.14. The quantitative estimate of drug-likeness (QED) is 0.916. The lowest BCUT2D eigenvalue weighted by atomic mass is 10.00. The SMILES string of the molecule is Cc1ccc(C)c([C@@H](C)NC(=O)c2cc(C)oc2C)c1. The molecule has 0 unspecified atom stereocenters. The minimum Gasteiger partial charge on any atom is -0.466 e. The first-order chi connectivity index (χ1) is 9.38. The molecule has 0 aliphatic carbocycles. The highest BCUT2D eigenvalue weighted by atomic mass is 16.3. The number of carbonyl (C=O) groups excluding carboxylic acids is 1. The average molecular weight is 271 g/mol. The third kappa shape index (κ3) is 2.93. The fraction of sp³-hybridized carbons (Fsp3) is 0.353. The third-order valence-corrected chi connectivity index (χ3v) is 3.53. The van der Waals surface area contributed by atoms with Gasteiger partial charge in [0.05, 0.1) is 11.6 Å². The van der Waals surface area contributed by atoms with Gasteiger partial charge < -0.3 is 9.73 Å². The molecule has 106 valence electrons. The highest BCUT2D eigenvalue weighted by Gasteiger charge is 2.17. The number of hydrogen-bond donors (Lipinski definition) is 1. The summed E-state index contributed by atoms with van der Waals surface area (Å²) in [6, 6.07) is 8.03.